The molecule has 1 aromatic rings. The van der Waals surface area contributed by atoms with Gasteiger partial charge in [-0.15, -0.1) is 0 Å². The third-order valence-corrected chi connectivity index (χ3v) is 3.17. The predicted octanol–water partition coefficient (Wildman–Crippen LogP) is 4.54. The van der Waals surface area contributed by atoms with E-state index in [-0.39, 0.29) is 6.07 Å². The molecule has 2 atom stereocenters. The number of amides is 1. The van der Waals surface area contributed by atoms with Crippen molar-refractivity contribution in [3.05, 3.63) is 45.3 Å². The van der Waals surface area contributed by atoms with Gasteiger partial charge >= 0.3 is 12.4 Å². The highest BCUT2D eigenvalue weighted by atomic mass is 19.4. The van der Waals surface area contributed by atoms with Crippen molar-refractivity contribution in [2.45, 2.75) is 38.3 Å². The summed E-state index contributed by atoms with van der Waals surface area (Å²) in [5, 5.41) is 5.49. The SMILES string of the molecule is CC(N=[N+]=[N-])C(C)NC(=O)c1cc(C(F)(F)F)cc(C(F)(F)F)c1. The summed E-state index contributed by atoms with van der Waals surface area (Å²) in [5.74, 6) is -1.14. The van der Waals surface area contributed by atoms with Crippen molar-refractivity contribution in [3.63, 3.8) is 0 Å². The first-order valence-electron chi connectivity index (χ1n) is 6.50. The molecule has 0 heterocycles. The molecule has 1 amide bonds. The Morgan fingerprint density at radius 3 is 1.92 bits per heavy atom. The Hall–Kier alpha value is -2.42. The molecule has 0 saturated heterocycles. The van der Waals surface area contributed by atoms with Gasteiger partial charge in [0, 0.05) is 16.5 Å². The van der Waals surface area contributed by atoms with Crippen molar-refractivity contribution in [1.82, 2.24) is 5.32 Å². The molecule has 0 aliphatic carbocycles. The zero-order valence-electron chi connectivity index (χ0n) is 12.4. The minimum atomic E-state index is -5.04. The molecule has 0 aliphatic heterocycles. The summed E-state index contributed by atoms with van der Waals surface area (Å²) in [6.07, 6.45) is -10.1. The van der Waals surface area contributed by atoms with Crippen molar-refractivity contribution < 1.29 is 31.1 Å². The minimum absolute atomic E-state index is 0.0667. The smallest absolute Gasteiger partial charge is 0.349 e. The number of nitrogens with zero attached hydrogens (tertiary/aromatic N) is 3. The number of alkyl halides is 6. The summed E-state index contributed by atoms with van der Waals surface area (Å²) in [6.45, 7) is 2.83. The summed E-state index contributed by atoms with van der Waals surface area (Å²) in [7, 11) is 0. The van der Waals surface area contributed by atoms with Crippen LogP contribution in [0.1, 0.15) is 35.3 Å². The van der Waals surface area contributed by atoms with Crippen LogP contribution in [0.25, 0.3) is 10.4 Å². The van der Waals surface area contributed by atoms with Gasteiger partial charge in [-0.3, -0.25) is 4.79 Å². The largest absolute Gasteiger partial charge is 0.416 e. The Balaban J connectivity index is 3.22. The van der Waals surface area contributed by atoms with E-state index in [0.29, 0.717) is 12.1 Å². The normalized spacial score (nSPS) is 14.5. The van der Waals surface area contributed by atoms with Gasteiger partial charge in [-0.2, -0.15) is 26.3 Å². The molecule has 2 unspecified atom stereocenters. The Bertz CT molecular complexity index is 631. The van der Waals surface area contributed by atoms with Crippen molar-refractivity contribution in [3.8, 4) is 0 Å². The van der Waals surface area contributed by atoms with E-state index in [1.807, 2.05) is 0 Å². The number of rotatable bonds is 4. The number of carbonyl (C=O) groups is 1. The van der Waals surface area contributed by atoms with Gasteiger partial charge in [0.15, 0.2) is 0 Å². The second kappa shape index (κ2) is 7.00. The van der Waals surface area contributed by atoms with Gasteiger partial charge in [0.25, 0.3) is 5.91 Å². The molecule has 11 heteroatoms. The summed E-state index contributed by atoms with van der Waals surface area (Å²) in [4.78, 5) is 14.4. The lowest BCUT2D eigenvalue weighted by atomic mass is 10.0. The number of nitrogens with one attached hydrogen (secondary N) is 1. The van der Waals surface area contributed by atoms with Crippen molar-refractivity contribution in [1.29, 1.82) is 0 Å². The molecule has 0 saturated carbocycles. The third-order valence-electron chi connectivity index (χ3n) is 3.17. The summed E-state index contributed by atoms with van der Waals surface area (Å²) < 4.78 is 76.4. The molecule has 0 fully saturated rings. The van der Waals surface area contributed by atoms with E-state index in [2.05, 4.69) is 15.3 Å². The van der Waals surface area contributed by atoms with Gasteiger partial charge in [-0.05, 0) is 30.7 Å². The molecule has 24 heavy (non-hydrogen) atoms. The van der Waals surface area contributed by atoms with Crippen LogP contribution in [0.2, 0.25) is 0 Å². The molecule has 1 N–H and O–H groups in total. The van der Waals surface area contributed by atoms with Crippen LogP contribution >= 0.6 is 0 Å². The van der Waals surface area contributed by atoms with Crippen LogP contribution in [0.5, 0.6) is 0 Å². The van der Waals surface area contributed by atoms with Gasteiger partial charge in [0.05, 0.1) is 17.2 Å². The highest BCUT2D eigenvalue weighted by Crippen LogP contribution is 2.36. The van der Waals surface area contributed by atoms with Gasteiger partial charge in [0.2, 0.25) is 0 Å². The van der Waals surface area contributed by atoms with E-state index >= 15 is 0 Å². The molecule has 0 bridgehead atoms. The van der Waals surface area contributed by atoms with E-state index in [1.165, 1.54) is 13.8 Å². The lowest BCUT2D eigenvalue weighted by molar-refractivity contribution is -0.143. The van der Waals surface area contributed by atoms with Crippen LogP contribution in [0.4, 0.5) is 26.3 Å². The minimum Gasteiger partial charge on any atom is -0.349 e. The van der Waals surface area contributed by atoms with E-state index in [9.17, 15) is 31.1 Å². The average Bonchev–Trinajstić information content (AvgIpc) is 2.45. The van der Waals surface area contributed by atoms with E-state index in [4.69, 9.17) is 5.53 Å². The van der Waals surface area contributed by atoms with E-state index in [1.54, 1.807) is 0 Å². The fraction of sp³-hybridized carbons (Fsp3) is 0.462. The molecule has 132 valence electrons. The predicted molar refractivity (Wildman–Crippen MR) is 72.0 cm³/mol. The molecule has 0 aliphatic rings. The zero-order chi connectivity index (χ0) is 18.7. The number of hydrogen-bond donors (Lipinski definition) is 1. The van der Waals surface area contributed by atoms with Crippen LogP contribution in [0.15, 0.2) is 23.3 Å². The van der Waals surface area contributed by atoms with Gasteiger partial charge < -0.3 is 5.32 Å². The lowest BCUT2D eigenvalue weighted by Crippen LogP contribution is -2.39. The van der Waals surface area contributed by atoms with E-state index < -0.39 is 47.0 Å². The Kier molecular flexibility index (Phi) is 5.72. The maximum Gasteiger partial charge on any atom is 0.416 e. The quantitative estimate of drug-likeness (QED) is 0.366. The van der Waals surface area contributed by atoms with Crippen molar-refractivity contribution in [2.24, 2.45) is 5.11 Å². The second-order valence-electron chi connectivity index (χ2n) is 5.00. The van der Waals surface area contributed by atoms with Gasteiger partial charge in [0.1, 0.15) is 0 Å². The van der Waals surface area contributed by atoms with Gasteiger partial charge in [-0.1, -0.05) is 12.0 Å². The second-order valence-corrected chi connectivity index (χ2v) is 5.00. The fourth-order valence-electron chi connectivity index (χ4n) is 1.68. The number of azide groups is 1. The molecule has 0 aromatic heterocycles. The Labute approximate surface area is 132 Å². The average molecular weight is 354 g/mol. The lowest BCUT2D eigenvalue weighted by Gasteiger charge is -2.18. The number of benzene rings is 1. The summed E-state index contributed by atoms with van der Waals surface area (Å²) in [5.41, 5.74) is 4.32. The molecule has 0 spiro atoms. The molecule has 1 aromatic carbocycles. The van der Waals surface area contributed by atoms with Crippen LogP contribution in [0.3, 0.4) is 0 Å². The van der Waals surface area contributed by atoms with E-state index in [0.717, 1.165) is 0 Å². The van der Waals surface area contributed by atoms with Crippen molar-refractivity contribution >= 4 is 5.91 Å². The first-order valence-corrected chi connectivity index (χ1v) is 6.50. The monoisotopic (exact) mass is 354 g/mol. The summed E-state index contributed by atoms with van der Waals surface area (Å²) in [6, 6.07) is -0.947. The number of carbonyl (C=O) groups excluding carboxylic acids is 1. The highest BCUT2D eigenvalue weighted by molar-refractivity contribution is 5.94. The van der Waals surface area contributed by atoms with Crippen molar-refractivity contribution in [2.75, 3.05) is 0 Å². The van der Waals surface area contributed by atoms with Crippen LogP contribution in [-0.4, -0.2) is 18.0 Å². The maximum absolute atomic E-state index is 12.7. The van der Waals surface area contributed by atoms with Gasteiger partial charge in [-0.25, -0.2) is 0 Å². The Morgan fingerprint density at radius 2 is 1.54 bits per heavy atom. The molecular weight excluding hydrogens is 342 g/mol. The molecule has 1 rings (SSSR count). The highest BCUT2D eigenvalue weighted by Gasteiger charge is 2.37. The third kappa shape index (κ3) is 5.05. The molecule has 0 radical (unpaired) electrons. The number of halogens is 6. The van der Waals surface area contributed by atoms with Crippen LogP contribution in [0, 0.1) is 0 Å². The summed E-state index contributed by atoms with van der Waals surface area (Å²) >= 11 is 0. The standard InChI is InChI=1S/C13H12F6N4O/c1-6(7(2)22-23-20)21-11(24)8-3-9(12(14,15)16)5-10(4-8)13(17,18)19/h3-7H,1-2H3,(H,21,24). The maximum atomic E-state index is 12.7. The van der Waals surface area contributed by atoms with Crippen LogP contribution in [-0.2, 0) is 12.4 Å². The number of hydrogen-bond acceptors (Lipinski definition) is 2. The Morgan fingerprint density at radius 1 is 1.08 bits per heavy atom. The first-order chi connectivity index (χ1) is 10.9. The first kappa shape index (κ1) is 19.6. The topological polar surface area (TPSA) is 77.9 Å². The fourth-order valence-corrected chi connectivity index (χ4v) is 1.68. The molecular formula is C13H12F6N4O. The zero-order valence-corrected chi connectivity index (χ0v) is 12.4. The molecule has 5 nitrogen and oxygen atoms in total. The van der Waals surface area contributed by atoms with Crippen LogP contribution < -0.4 is 5.32 Å².